The number of rotatable bonds is 3. The van der Waals surface area contributed by atoms with Crippen LogP contribution in [0.15, 0.2) is 41.2 Å². The van der Waals surface area contributed by atoms with E-state index in [0.29, 0.717) is 18.4 Å². The van der Waals surface area contributed by atoms with Crippen LogP contribution in [-0.4, -0.2) is 6.21 Å². The van der Waals surface area contributed by atoms with Crippen LogP contribution in [0.3, 0.4) is 0 Å². The van der Waals surface area contributed by atoms with E-state index in [4.69, 9.17) is 10.5 Å². The highest BCUT2D eigenvalue weighted by atomic mass is 16.5. The maximum absolute atomic E-state index is 5.69. The molecule has 1 heterocycles. The first kappa shape index (κ1) is 10.7. The molecule has 3 heteroatoms. The predicted molar refractivity (Wildman–Crippen MR) is 66.0 cm³/mol. The normalized spacial score (nSPS) is 19.3. The summed E-state index contributed by atoms with van der Waals surface area (Å²) in [5.74, 6) is 1.22. The van der Waals surface area contributed by atoms with Crippen molar-refractivity contribution in [3.05, 3.63) is 41.8 Å². The van der Waals surface area contributed by atoms with Gasteiger partial charge in [0.1, 0.15) is 6.61 Å². The maximum atomic E-state index is 5.69. The van der Waals surface area contributed by atoms with Crippen molar-refractivity contribution in [1.82, 2.24) is 0 Å². The topological polar surface area (TPSA) is 47.6 Å². The second-order valence-electron chi connectivity index (χ2n) is 4.07. The Labute approximate surface area is 95.6 Å². The fourth-order valence-electron chi connectivity index (χ4n) is 1.54. The summed E-state index contributed by atoms with van der Waals surface area (Å²) < 4.78 is 5.58. The van der Waals surface area contributed by atoms with E-state index in [0.717, 1.165) is 17.7 Å². The Hall–Kier alpha value is -1.77. The molecule has 84 valence electrons. The molecule has 0 saturated heterocycles. The van der Waals surface area contributed by atoms with Crippen LogP contribution in [0.1, 0.15) is 18.9 Å². The number of anilines is 1. The van der Waals surface area contributed by atoms with Crippen molar-refractivity contribution in [1.29, 1.82) is 0 Å². The quantitative estimate of drug-likeness (QED) is 0.790. The van der Waals surface area contributed by atoms with Gasteiger partial charge in [-0.25, -0.2) is 4.99 Å². The van der Waals surface area contributed by atoms with Gasteiger partial charge in [-0.1, -0.05) is 19.1 Å². The lowest BCUT2D eigenvalue weighted by Crippen LogP contribution is -2.02. The van der Waals surface area contributed by atoms with E-state index in [1.54, 1.807) is 0 Å². The van der Waals surface area contributed by atoms with Gasteiger partial charge < -0.3 is 10.5 Å². The largest absolute Gasteiger partial charge is 0.473 e. The van der Waals surface area contributed by atoms with E-state index in [1.165, 1.54) is 0 Å². The van der Waals surface area contributed by atoms with Gasteiger partial charge in [0.25, 0.3) is 0 Å². The molecule has 16 heavy (non-hydrogen) atoms. The number of benzene rings is 1. The van der Waals surface area contributed by atoms with Crippen molar-refractivity contribution in [2.24, 2.45) is 10.9 Å². The second kappa shape index (κ2) is 4.84. The lowest BCUT2D eigenvalue weighted by Gasteiger charge is -2.12. The molecule has 0 fully saturated rings. The second-order valence-corrected chi connectivity index (χ2v) is 4.07. The monoisotopic (exact) mass is 216 g/mol. The summed E-state index contributed by atoms with van der Waals surface area (Å²) in [6.45, 7) is 2.65. The number of aliphatic imine (C=N–C) groups is 1. The van der Waals surface area contributed by atoms with Gasteiger partial charge in [0.2, 0.25) is 5.88 Å². The first-order valence-electron chi connectivity index (χ1n) is 5.45. The molecule has 3 nitrogen and oxygen atoms in total. The van der Waals surface area contributed by atoms with Crippen LogP contribution in [-0.2, 0) is 11.3 Å². The number of nitrogen functional groups attached to an aromatic ring is 1. The maximum Gasteiger partial charge on any atom is 0.209 e. The summed E-state index contributed by atoms with van der Waals surface area (Å²) in [7, 11) is 0. The molecule has 2 N–H and O–H groups in total. The molecule has 0 spiro atoms. The average Bonchev–Trinajstić information content (AvgIpc) is 2.28. The molecule has 2 rings (SSSR count). The highest BCUT2D eigenvalue weighted by Crippen LogP contribution is 2.15. The predicted octanol–water partition coefficient (Wildman–Crippen LogP) is 2.74. The van der Waals surface area contributed by atoms with Crippen molar-refractivity contribution in [3.8, 4) is 0 Å². The molecule has 0 saturated carbocycles. The van der Waals surface area contributed by atoms with Gasteiger partial charge in [-0.15, -0.1) is 0 Å². The van der Waals surface area contributed by atoms with Gasteiger partial charge in [-0.2, -0.15) is 0 Å². The van der Waals surface area contributed by atoms with Crippen LogP contribution in [0.2, 0.25) is 0 Å². The minimum atomic E-state index is 0.514. The van der Waals surface area contributed by atoms with Crippen molar-refractivity contribution in [3.63, 3.8) is 0 Å². The van der Waals surface area contributed by atoms with Crippen LogP contribution in [0, 0.1) is 5.92 Å². The molecule has 1 aromatic rings. The number of allylic oxidation sites excluding steroid dienone is 1. The summed E-state index contributed by atoms with van der Waals surface area (Å²) in [6, 6.07) is 7.69. The molecule has 0 aliphatic carbocycles. The highest BCUT2D eigenvalue weighted by molar-refractivity contribution is 5.63. The van der Waals surface area contributed by atoms with E-state index in [-0.39, 0.29) is 0 Å². The molecule has 1 atom stereocenters. The zero-order valence-corrected chi connectivity index (χ0v) is 9.39. The molecule has 1 aliphatic rings. The third-order valence-corrected chi connectivity index (χ3v) is 2.46. The van der Waals surface area contributed by atoms with Gasteiger partial charge in [0, 0.05) is 11.9 Å². The van der Waals surface area contributed by atoms with Crippen molar-refractivity contribution in [2.75, 3.05) is 5.73 Å². The summed E-state index contributed by atoms with van der Waals surface area (Å²) in [6.07, 6.45) is 4.95. The number of ether oxygens (including phenoxy) is 1. The molecule has 0 bridgehead atoms. The van der Waals surface area contributed by atoms with E-state index >= 15 is 0 Å². The minimum Gasteiger partial charge on any atom is -0.473 e. The van der Waals surface area contributed by atoms with E-state index in [9.17, 15) is 0 Å². The van der Waals surface area contributed by atoms with Gasteiger partial charge in [0.05, 0.1) is 0 Å². The molecular formula is C13H16N2O. The average molecular weight is 216 g/mol. The Bertz CT molecular complexity index is 424. The number of nitrogens with two attached hydrogens (primary N) is 1. The summed E-state index contributed by atoms with van der Waals surface area (Å²) in [5, 5.41) is 0. The van der Waals surface area contributed by atoms with Crippen LogP contribution >= 0.6 is 0 Å². The third kappa shape index (κ3) is 2.86. The van der Waals surface area contributed by atoms with E-state index in [2.05, 4.69) is 11.9 Å². The SMILES string of the molecule is CC1C=NC(OCc2cccc(N)c2)=CC1. The van der Waals surface area contributed by atoms with Gasteiger partial charge >= 0.3 is 0 Å². The molecule has 1 unspecified atom stereocenters. The third-order valence-electron chi connectivity index (χ3n) is 2.46. The van der Waals surface area contributed by atoms with Gasteiger partial charge in [0.15, 0.2) is 0 Å². The number of hydrogen-bond donors (Lipinski definition) is 1. The minimum absolute atomic E-state index is 0.514. The number of hydrogen-bond acceptors (Lipinski definition) is 3. The standard InChI is InChI=1S/C13H16N2O/c1-10-5-6-13(15-8-10)16-9-11-3-2-4-12(14)7-11/h2-4,6-8,10H,5,9,14H2,1H3. The van der Waals surface area contributed by atoms with Gasteiger partial charge in [-0.05, 0) is 36.1 Å². The molecule has 1 aromatic carbocycles. The van der Waals surface area contributed by atoms with Crippen LogP contribution in [0.25, 0.3) is 0 Å². The summed E-state index contributed by atoms with van der Waals surface area (Å²) >= 11 is 0. The first-order chi connectivity index (χ1) is 7.74. The van der Waals surface area contributed by atoms with Crippen LogP contribution in [0.5, 0.6) is 0 Å². The molecular weight excluding hydrogens is 200 g/mol. The Morgan fingerprint density at radius 3 is 3.06 bits per heavy atom. The molecule has 0 amide bonds. The van der Waals surface area contributed by atoms with Crippen molar-refractivity contribution in [2.45, 2.75) is 20.0 Å². The zero-order valence-electron chi connectivity index (χ0n) is 9.39. The van der Waals surface area contributed by atoms with Crippen molar-refractivity contribution >= 4 is 11.9 Å². The van der Waals surface area contributed by atoms with E-state index < -0.39 is 0 Å². The Kier molecular flexibility index (Phi) is 3.25. The van der Waals surface area contributed by atoms with Crippen molar-refractivity contribution < 1.29 is 4.74 Å². The fourth-order valence-corrected chi connectivity index (χ4v) is 1.54. The lowest BCUT2D eigenvalue weighted by atomic mass is 10.1. The van der Waals surface area contributed by atoms with Crippen LogP contribution < -0.4 is 5.73 Å². The smallest absolute Gasteiger partial charge is 0.209 e. The highest BCUT2D eigenvalue weighted by Gasteiger charge is 2.05. The number of nitrogens with zero attached hydrogens (tertiary/aromatic N) is 1. The first-order valence-corrected chi connectivity index (χ1v) is 5.45. The lowest BCUT2D eigenvalue weighted by molar-refractivity contribution is 0.194. The molecule has 0 aromatic heterocycles. The molecule has 0 radical (unpaired) electrons. The molecule has 1 aliphatic heterocycles. The summed E-state index contributed by atoms with van der Waals surface area (Å²) in [4.78, 5) is 4.23. The Morgan fingerprint density at radius 2 is 2.38 bits per heavy atom. The summed E-state index contributed by atoms with van der Waals surface area (Å²) in [5.41, 5.74) is 7.51. The fraction of sp³-hybridized carbons (Fsp3) is 0.308. The Morgan fingerprint density at radius 1 is 1.50 bits per heavy atom. The van der Waals surface area contributed by atoms with E-state index in [1.807, 2.05) is 36.6 Å². The zero-order chi connectivity index (χ0) is 11.4. The Balaban J connectivity index is 1.91. The van der Waals surface area contributed by atoms with Crippen LogP contribution in [0.4, 0.5) is 5.69 Å². The van der Waals surface area contributed by atoms with Gasteiger partial charge in [-0.3, -0.25) is 0 Å².